The second-order valence-electron chi connectivity index (χ2n) is 5.39. The lowest BCUT2D eigenvalue weighted by atomic mass is 10.0. The first kappa shape index (κ1) is 13.3. The van der Waals surface area contributed by atoms with Gasteiger partial charge in [0, 0.05) is 19.1 Å². The average Bonchev–Trinajstić information content (AvgIpc) is 2.72. The third-order valence-electron chi connectivity index (χ3n) is 4.25. The molecule has 2 atom stereocenters. The molecule has 0 aromatic heterocycles. The maximum atomic E-state index is 12.1. The molecule has 5 nitrogen and oxygen atoms in total. The summed E-state index contributed by atoms with van der Waals surface area (Å²) >= 11 is 0. The zero-order chi connectivity index (χ0) is 13.1. The molecule has 18 heavy (non-hydrogen) atoms. The molecule has 2 fully saturated rings. The monoisotopic (exact) mass is 254 g/mol. The Morgan fingerprint density at radius 2 is 1.83 bits per heavy atom. The second kappa shape index (κ2) is 5.69. The lowest BCUT2D eigenvalue weighted by Crippen LogP contribution is -2.44. The number of hydrogen-bond donors (Lipinski definition) is 1. The average molecular weight is 254 g/mol. The van der Waals surface area contributed by atoms with Crippen LogP contribution in [0.3, 0.4) is 0 Å². The molecule has 2 rings (SSSR count). The summed E-state index contributed by atoms with van der Waals surface area (Å²) in [5, 5.41) is 9.06. The van der Waals surface area contributed by atoms with E-state index >= 15 is 0 Å². The summed E-state index contributed by atoms with van der Waals surface area (Å²) in [6.07, 6.45) is 4.06. The summed E-state index contributed by atoms with van der Waals surface area (Å²) in [5.74, 6) is -0.901. The number of likely N-dealkylation sites (tertiary alicyclic amines) is 2. The zero-order valence-electron chi connectivity index (χ0n) is 11.0. The number of carboxylic acids is 1. The predicted molar refractivity (Wildman–Crippen MR) is 67.2 cm³/mol. The van der Waals surface area contributed by atoms with Gasteiger partial charge in [0.1, 0.15) is 0 Å². The molecule has 0 radical (unpaired) electrons. The summed E-state index contributed by atoms with van der Waals surface area (Å²) < 4.78 is 0. The van der Waals surface area contributed by atoms with Gasteiger partial charge < -0.3 is 10.0 Å². The van der Waals surface area contributed by atoms with E-state index in [1.807, 2.05) is 16.7 Å². The van der Waals surface area contributed by atoms with Crippen LogP contribution in [0.4, 0.5) is 0 Å². The van der Waals surface area contributed by atoms with Crippen LogP contribution in [-0.2, 0) is 9.59 Å². The molecule has 0 bridgehead atoms. The number of carboxylic acid groups (broad SMARTS) is 1. The van der Waals surface area contributed by atoms with Crippen LogP contribution in [0.15, 0.2) is 0 Å². The zero-order valence-corrected chi connectivity index (χ0v) is 11.0. The molecule has 102 valence electrons. The van der Waals surface area contributed by atoms with Crippen LogP contribution in [0.5, 0.6) is 0 Å². The van der Waals surface area contributed by atoms with Gasteiger partial charge in [0.2, 0.25) is 5.91 Å². The van der Waals surface area contributed by atoms with Crippen LogP contribution >= 0.6 is 0 Å². The van der Waals surface area contributed by atoms with Crippen LogP contribution in [0.25, 0.3) is 0 Å². The minimum Gasteiger partial charge on any atom is -0.481 e. The normalized spacial score (nSPS) is 29.5. The fourth-order valence-corrected chi connectivity index (χ4v) is 2.97. The number of amides is 1. The first-order valence-corrected chi connectivity index (χ1v) is 6.84. The van der Waals surface area contributed by atoms with Crippen molar-refractivity contribution in [3.8, 4) is 0 Å². The lowest BCUT2D eigenvalue weighted by Gasteiger charge is -2.30. The number of rotatable bonds is 3. The van der Waals surface area contributed by atoms with Crippen molar-refractivity contribution in [2.24, 2.45) is 5.92 Å². The Hall–Kier alpha value is -1.10. The van der Waals surface area contributed by atoms with E-state index in [-0.39, 0.29) is 17.9 Å². The molecule has 0 spiro atoms. The van der Waals surface area contributed by atoms with Gasteiger partial charge in [-0.15, -0.1) is 0 Å². The van der Waals surface area contributed by atoms with Crippen molar-refractivity contribution < 1.29 is 14.7 Å². The Morgan fingerprint density at radius 3 is 2.39 bits per heavy atom. The van der Waals surface area contributed by atoms with E-state index in [1.54, 1.807) is 0 Å². The SMILES string of the molecule is CC1C(C(=O)O)CCN1CC(=O)N1CCCCC1. The van der Waals surface area contributed by atoms with E-state index in [0.717, 1.165) is 32.5 Å². The van der Waals surface area contributed by atoms with Crippen LogP contribution < -0.4 is 0 Å². The van der Waals surface area contributed by atoms with E-state index < -0.39 is 5.97 Å². The fraction of sp³-hybridized carbons (Fsp3) is 0.846. The van der Waals surface area contributed by atoms with E-state index in [1.165, 1.54) is 6.42 Å². The molecule has 2 aliphatic rings. The Morgan fingerprint density at radius 1 is 1.17 bits per heavy atom. The van der Waals surface area contributed by atoms with Gasteiger partial charge in [0.15, 0.2) is 0 Å². The van der Waals surface area contributed by atoms with Crippen molar-refractivity contribution in [1.29, 1.82) is 0 Å². The molecule has 2 unspecified atom stereocenters. The summed E-state index contributed by atoms with van der Waals surface area (Å²) in [7, 11) is 0. The topological polar surface area (TPSA) is 60.9 Å². The van der Waals surface area contributed by atoms with Gasteiger partial charge in [-0.25, -0.2) is 0 Å². The van der Waals surface area contributed by atoms with Crippen LogP contribution in [0.2, 0.25) is 0 Å². The number of aliphatic carboxylic acids is 1. The van der Waals surface area contributed by atoms with E-state index in [4.69, 9.17) is 5.11 Å². The fourth-order valence-electron chi connectivity index (χ4n) is 2.97. The van der Waals surface area contributed by atoms with Crippen molar-refractivity contribution in [2.45, 2.75) is 38.6 Å². The van der Waals surface area contributed by atoms with E-state index in [9.17, 15) is 9.59 Å². The molecule has 2 heterocycles. The van der Waals surface area contributed by atoms with Gasteiger partial charge in [0.05, 0.1) is 12.5 Å². The Bertz CT molecular complexity index is 326. The highest BCUT2D eigenvalue weighted by Crippen LogP contribution is 2.24. The van der Waals surface area contributed by atoms with Gasteiger partial charge >= 0.3 is 5.97 Å². The van der Waals surface area contributed by atoms with Crippen LogP contribution in [0, 0.1) is 5.92 Å². The van der Waals surface area contributed by atoms with Gasteiger partial charge in [-0.2, -0.15) is 0 Å². The molecule has 1 amide bonds. The first-order valence-electron chi connectivity index (χ1n) is 6.84. The van der Waals surface area contributed by atoms with E-state index in [0.29, 0.717) is 13.0 Å². The molecule has 5 heteroatoms. The number of piperidine rings is 1. The third-order valence-corrected chi connectivity index (χ3v) is 4.25. The minimum atomic E-state index is -0.740. The smallest absolute Gasteiger partial charge is 0.308 e. The highest BCUT2D eigenvalue weighted by molar-refractivity contribution is 5.78. The Kier molecular flexibility index (Phi) is 4.22. The summed E-state index contributed by atoms with van der Waals surface area (Å²) in [4.78, 5) is 27.1. The quantitative estimate of drug-likeness (QED) is 0.809. The van der Waals surface area contributed by atoms with Crippen molar-refractivity contribution in [3.05, 3.63) is 0 Å². The lowest BCUT2D eigenvalue weighted by molar-refractivity contribution is -0.143. The molecule has 0 aliphatic carbocycles. The van der Waals surface area contributed by atoms with E-state index in [2.05, 4.69) is 0 Å². The number of nitrogens with zero attached hydrogens (tertiary/aromatic N) is 2. The third kappa shape index (κ3) is 2.83. The van der Waals surface area contributed by atoms with Gasteiger partial charge in [0.25, 0.3) is 0 Å². The molecule has 2 aliphatic heterocycles. The van der Waals surface area contributed by atoms with Crippen molar-refractivity contribution in [2.75, 3.05) is 26.2 Å². The number of hydrogen-bond acceptors (Lipinski definition) is 3. The van der Waals surface area contributed by atoms with Gasteiger partial charge in [-0.05, 0) is 39.2 Å². The van der Waals surface area contributed by atoms with Gasteiger partial charge in [-0.1, -0.05) is 0 Å². The maximum absolute atomic E-state index is 12.1. The molecule has 1 N–H and O–H groups in total. The highest BCUT2D eigenvalue weighted by atomic mass is 16.4. The summed E-state index contributed by atoms with van der Waals surface area (Å²) in [6.45, 7) is 4.74. The highest BCUT2D eigenvalue weighted by Gasteiger charge is 2.36. The molecule has 0 saturated carbocycles. The first-order chi connectivity index (χ1) is 8.59. The molecule has 2 saturated heterocycles. The molecule has 0 aromatic rings. The number of carbonyl (C=O) groups excluding carboxylic acids is 1. The Labute approximate surface area is 108 Å². The summed E-state index contributed by atoms with van der Waals surface area (Å²) in [6, 6.07) is -0.0313. The molecule has 0 aromatic carbocycles. The largest absolute Gasteiger partial charge is 0.481 e. The standard InChI is InChI=1S/C13H22N2O3/c1-10-11(13(17)18)5-8-15(10)9-12(16)14-6-3-2-4-7-14/h10-11H,2-9H2,1H3,(H,17,18). The van der Waals surface area contributed by atoms with Crippen molar-refractivity contribution >= 4 is 11.9 Å². The Balaban J connectivity index is 1.86. The van der Waals surface area contributed by atoms with Crippen LogP contribution in [-0.4, -0.2) is 59.0 Å². The second-order valence-corrected chi connectivity index (χ2v) is 5.39. The van der Waals surface area contributed by atoms with Crippen LogP contribution in [0.1, 0.15) is 32.6 Å². The van der Waals surface area contributed by atoms with Crippen molar-refractivity contribution in [1.82, 2.24) is 9.80 Å². The summed E-state index contributed by atoms with van der Waals surface area (Å²) in [5.41, 5.74) is 0. The minimum absolute atomic E-state index is 0.0313. The number of carbonyl (C=O) groups is 2. The maximum Gasteiger partial charge on any atom is 0.308 e. The molecular formula is C13H22N2O3. The molecular weight excluding hydrogens is 232 g/mol. The predicted octanol–water partition coefficient (Wildman–Crippen LogP) is 0.794. The van der Waals surface area contributed by atoms with Gasteiger partial charge in [-0.3, -0.25) is 14.5 Å². The van der Waals surface area contributed by atoms with Crippen molar-refractivity contribution in [3.63, 3.8) is 0 Å².